The number of H-pyrrole nitrogens is 1. The molecule has 1 aliphatic heterocycles. The van der Waals surface area contributed by atoms with E-state index in [1.807, 2.05) is 26.8 Å². The van der Waals surface area contributed by atoms with Gasteiger partial charge in [0.2, 0.25) is 0 Å². The normalized spacial score (nSPS) is 13.6. The fraction of sp³-hybridized carbons (Fsp3) is 0.429. The molecule has 2 nitrogen and oxygen atoms in total. The van der Waals surface area contributed by atoms with E-state index in [0.29, 0.717) is 6.61 Å². The maximum absolute atomic E-state index is 13.7. The maximum atomic E-state index is 13.7. The highest BCUT2D eigenvalue weighted by atomic mass is 19.1. The molecule has 0 saturated heterocycles. The Balaban J connectivity index is 0.000000514. The fourth-order valence-electron chi connectivity index (χ4n) is 2.22. The average molecular weight is 235 g/mol. The first-order chi connectivity index (χ1) is 8.25. The smallest absolute Gasteiger partial charge is 0.134 e. The van der Waals surface area contributed by atoms with Gasteiger partial charge in [-0.3, -0.25) is 0 Å². The Morgan fingerprint density at radius 1 is 1.29 bits per heavy atom. The van der Waals surface area contributed by atoms with E-state index in [4.69, 9.17) is 4.74 Å². The van der Waals surface area contributed by atoms with E-state index in [9.17, 15) is 4.39 Å². The van der Waals surface area contributed by atoms with Crippen molar-refractivity contribution in [2.75, 3.05) is 6.61 Å². The summed E-state index contributed by atoms with van der Waals surface area (Å²) in [4.78, 5) is 3.13. The summed E-state index contributed by atoms with van der Waals surface area (Å²) in [5, 5.41) is 1.00. The van der Waals surface area contributed by atoms with Gasteiger partial charge in [-0.05, 0) is 31.9 Å². The summed E-state index contributed by atoms with van der Waals surface area (Å²) in [7, 11) is 0. The van der Waals surface area contributed by atoms with E-state index in [1.54, 1.807) is 6.07 Å². The lowest BCUT2D eigenvalue weighted by atomic mass is 10.0. The summed E-state index contributed by atoms with van der Waals surface area (Å²) in [6.07, 6.45) is 1.68. The van der Waals surface area contributed by atoms with Crippen molar-refractivity contribution >= 4 is 10.9 Å². The van der Waals surface area contributed by atoms with Gasteiger partial charge in [0.05, 0.1) is 12.1 Å². The van der Waals surface area contributed by atoms with Crippen LogP contribution in [-0.2, 0) is 6.42 Å². The summed E-state index contributed by atoms with van der Waals surface area (Å²) in [5.74, 6) is 0.583. The molecule has 0 amide bonds. The van der Waals surface area contributed by atoms with Crippen LogP contribution in [0.5, 0.6) is 5.75 Å². The van der Waals surface area contributed by atoms with Crippen molar-refractivity contribution in [3.63, 3.8) is 0 Å². The van der Waals surface area contributed by atoms with Crippen molar-refractivity contribution in [1.29, 1.82) is 0 Å². The van der Waals surface area contributed by atoms with Crippen LogP contribution in [0, 0.1) is 12.7 Å². The molecule has 0 bridgehead atoms. The summed E-state index contributed by atoms with van der Waals surface area (Å²) in [5.41, 5.74) is 2.59. The molecule has 1 aromatic heterocycles. The molecule has 1 aliphatic rings. The van der Waals surface area contributed by atoms with Gasteiger partial charge in [-0.25, -0.2) is 4.39 Å². The number of aryl methyl sites for hydroxylation is 1. The van der Waals surface area contributed by atoms with Gasteiger partial charge in [-0.1, -0.05) is 13.8 Å². The van der Waals surface area contributed by atoms with Gasteiger partial charge in [-0.2, -0.15) is 0 Å². The molecule has 2 aromatic rings. The second kappa shape index (κ2) is 4.78. The lowest BCUT2D eigenvalue weighted by molar-refractivity contribution is 0.288. The molecule has 0 spiro atoms. The minimum atomic E-state index is -0.154. The van der Waals surface area contributed by atoms with E-state index < -0.39 is 0 Å². The van der Waals surface area contributed by atoms with Crippen LogP contribution in [0.1, 0.15) is 31.5 Å². The molecule has 0 atom stereocenters. The quantitative estimate of drug-likeness (QED) is 0.734. The van der Waals surface area contributed by atoms with Gasteiger partial charge in [-0.15, -0.1) is 0 Å². The van der Waals surface area contributed by atoms with Crippen molar-refractivity contribution in [3.8, 4) is 5.75 Å². The summed E-state index contributed by atoms with van der Waals surface area (Å²) >= 11 is 0. The number of hydrogen-bond acceptors (Lipinski definition) is 1. The van der Waals surface area contributed by atoms with Gasteiger partial charge in [0.25, 0.3) is 0 Å². The predicted octanol–water partition coefficient (Wildman–Crippen LogP) is 3.97. The molecule has 3 rings (SSSR count). The Morgan fingerprint density at radius 3 is 2.82 bits per heavy atom. The third-order valence-electron chi connectivity index (χ3n) is 2.88. The Bertz CT molecular complexity index is 530. The number of rotatable bonds is 0. The van der Waals surface area contributed by atoms with Crippen LogP contribution >= 0.6 is 0 Å². The molecule has 17 heavy (non-hydrogen) atoms. The highest BCUT2D eigenvalue weighted by Crippen LogP contribution is 2.35. The van der Waals surface area contributed by atoms with Crippen molar-refractivity contribution in [3.05, 3.63) is 29.2 Å². The lowest BCUT2D eigenvalue weighted by Gasteiger charge is -2.18. The van der Waals surface area contributed by atoms with Crippen LogP contribution in [-0.4, -0.2) is 11.6 Å². The molecule has 1 aromatic carbocycles. The van der Waals surface area contributed by atoms with Crippen LogP contribution in [0.3, 0.4) is 0 Å². The van der Waals surface area contributed by atoms with Crippen LogP contribution < -0.4 is 4.74 Å². The first-order valence-electron chi connectivity index (χ1n) is 6.19. The predicted molar refractivity (Wildman–Crippen MR) is 68.2 cm³/mol. The standard InChI is InChI=1S/C12H12FNO.C2H6/c1-7-5-9-11(14-7)6-10(13)8-3-2-4-15-12(8)9;1-2/h5-6,14H,2-4H2,1H3;1-2H3. The Kier molecular flexibility index (Phi) is 3.36. The number of fused-ring (bicyclic) bond motifs is 3. The molecule has 0 aliphatic carbocycles. The molecule has 0 unspecified atom stereocenters. The highest BCUT2D eigenvalue weighted by Gasteiger charge is 2.19. The Morgan fingerprint density at radius 2 is 2.06 bits per heavy atom. The minimum Gasteiger partial charge on any atom is -0.492 e. The fourth-order valence-corrected chi connectivity index (χ4v) is 2.22. The van der Waals surface area contributed by atoms with Crippen LogP contribution in [0.4, 0.5) is 4.39 Å². The summed E-state index contributed by atoms with van der Waals surface area (Å²) in [6.45, 7) is 6.66. The highest BCUT2D eigenvalue weighted by molar-refractivity contribution is 5.88. The first kappa shape index (κ1) is 12.0. The molecule has 92 valence electrons. The maximum Gasteiger partial charge on any atom is 0.134 e. The van der Waals surface area contributed by atoms with Crippen molar-refractivity contribution in [1.82, 2.24) is 4.98 Å². The summed E-state index contributed by atoms with van der Waals surface area (Å²) in [6, 6.07) is 3.58. The first-order valence-corrected chi connectivity index (χ1v) is 6.19. The molecular weight excluding hydrogens is 217 g/mol. The number of aromatic amines is 1. The zero-order valence-corrected chi connectivity index (χ0v) is 10.6. The second-order valence-electron chi connectivity index (χ2n) is 4.03. The Hall–Kier alpha value is -1.51. The Labute approximate surface area is 101 Å². The number of hydrogen-bond donors (Lipinski definition) is 1. The zero-order valence-electron chi connectivity index (χ0n) is 10.6. The molecule has 3 heteroatoms. The van der Waals surface area contributed by atoms with Crippen molar-refractivity contribution < 1.29 is 9.13 Å². The number of halogens is 1. The summed E-state index contributed by atoms with van der Waals surface area (Å²) < 4.78 is 19.3. The van der Waals surface area contributed by atoms with Gasteiger partial charge in [0.15, 0.2) is 0 Å². The van der Waals surface area contributed by atoms with Crippen molar-refractivity contribution in [2.45, 2.75) is 33.6 Å². The molecule has 2 heterocycles. The van der Waals surface area contributed by atoms with Gasteiger partial charge >= 0.3 is 0 Å². The van der Waals surface area contributed by atoms with Crippen LogP contribution in [0.2, 0.25) is 0 Å². The van der Waals surface area contributed by atoms with Crippen molar-refractivity contribution in [2.24, 2.45) is 0 Å². The monoisotopic (exact) mass is 235 g/mol. The van der Waals surface area contributed by atoms with E-state index in [-0.39, 0.29) is 5.82 Å². The van der Waals surface area contributed by atoms with Gasteiger partial charge in [0, 0.05) is 16.6 Å². The molecule has 0 saturated carbocycles. The number of aromatic nitrogens is 1. The molecular formula is C14H18FNO. The van der Waals surface area contributed by atoms with Gasteiger partial charge in [0.1, 0.15) is 11.6 Å². The second-order valence-corrected chi connectivity index (χ2v) is 4.03. The minimum absolute atomic E-state index is 0.154. The molecule has 1 N–H and O–H groups in total. The molecule has 0 fully saturated rings. The van der Waals surface area contributed by atoms with E-state index >= 15 is 0 Å². The van der Waals surface area contributed by atoms with E-state index in [1.165, 1.54) is 0 Å². The third kappa shape index (κ3) is 2.02. The van der Waals surface area contributed by atoms with Crippen LogP contribution in [0.15, 0.2) is 12.1 Å². The number of nitrogens with one attached hydrogen (secondary N) is 1. The zero-order chi connectivity index (χ0) is 12.4. The molecule has 0 radical (unpaired) electrons. The van der Waals surface area contributed by atoms with E-state index in [0.717, 1.165) is 40.8 Å². The number of benzene rings is 1. The van der Waals surface area contributed by atoms with E-state index in [2.05, 4.69) is 4.98 Å². The van der Waals surface area contributed by atoms with Gasteiger partial charge < -0.3 is 9.72 Å². The average Bonchev–Trinajstić information content (AvgIpc) is 2.73. The topological polar surface area (TPSA) is 25.0 Å². The number of ether oxygens (including phenoxy) is 1. The third-order valence-corrected chi connectivity index (χ3v) is 2.88. The largest absolute Gasteiger partial charge is 0.492 e. The SMILES string of the molecule is CC.Cc1cc2c3c(c(F)cc2[nH]1)CCCO3. The lowest BCUT2D eigenvalue weighted by Crippen LogP contribution is -2.10. The van der Waals surface area contributed by atoms with Crippen LogP contribution in [0.25, 0.3) is 10.9 Å².